The maximum Gasteiger partial charge on any atom is 0.418 e. The second-order valence-corrected chi connectivity index (χ2v) is 8.40. The summed E-state index contributed by atoms with van der Waals surface area (Å²) in [5, 5.41) is 0. The van der Waals surface area contributed by atoms with Gasteiger partial charge in [-0.05, 0) is 24.3 Å². The van der Waals surface area contributed by atoms with Crippen LogP contribution in [0.25, 0.3) is 0 Å². The number of benzene rings is 2. The minimum absolute atomic E-state index is 0.317. The Kier molecular flexibility index (Phi) is 7.44. The lowest BCUT2D eigenvalue weighted by molar-refractivity contribution is -0.137. The maximum absolute atomic E-state index is 14.6. The molecule has 0 saturated heterocycles. The number of hydrazine groups is 1. The number of hydrogen-bond acceptors (Lipinski definition) is 4. The molecule has 0 atom stereocenters. The minimum Gasteiger partial charge on any atom is -0.297 e. The first-order valence-electron chi connectivity index (χ1n) is 8.67. The van der Waals surface area contributed by atoms with Crippen molar-refractivity contribution in [1.29, 1.82) is 0 Å². The van der Waals surface area contributed by atoms with Crippen LogP contribution in [0.5, 0.6) is 0 Å². The van der Waals surface area contributed by atoms with E-state index in [4.69, 9.17) is 0 Å². The molecule has 0 fully saturated rings. The number of halogens is 6. The van der Waals surface area contributed by atoms with Crippen LogP contribution in [0.3, 0.4) is 0 Å². The molecule has 6 nitrogen and oxygen atoms in total. The van der Waals surface area contributed by atoms with E-state index in [9.17, 15) is 39.6 Å². The predicted molar refractivity (Wildman–Crippen MR) is 105 cm³/mol. The molecule has 0 spiro atoms. The molecule has 0 aromatic heterocycles. The number of rotatable bonds is 8. The van der Waals surface area contributed by atoms with E-state index in [1.54, 1.807) is 0 Å². The summed E-state index contributed by atoms with van der Waals surface area (Å²) in [6, 6.07) is 6.65. The number of allylic oxidation sites excluding steroid dienone is 1. The Labute approximate surface area is 179 Å². The van der Waals surface area contributed by atoms with E-state index in [1.165, 1.54) is 6.07 Å². The van der Waals surface area contributed by atoms with Gasteiger partial charge in [0.05, 0.1) is 29.7 Å². The van der Waals surface area contributed by atoms with E-state index in [1.807, 2.05) is 10.9 Å². The third kappa shape index (κ3) is 6.15. The van der Waals surface area contributed by atoms with E-state index in [0.29, 0.717) is 22.7 Å². The molecule has 1 amide bonds. The van der Waals surface area contributed by atoms with Gasteiger partial charge >= 0.3 is 6.18 Å². The Morgan fingerprint density at radius 2 is 1.75 bits per heavy atom. The highest BCUT2D eigenvalue weighted by Gasteiger charge is 2.36. The van der Waals surface area contributed by atoms with Crippen LogP contribution < -0.4 is 15.2 Å². The van der Waals surface area contributed by atoms with Crippen molar-refractivity contribution < 1.29 is 39.6 Å². The fourth-order valence-electron chi connectivity index (χ4n) is 2.55. The van der Waals surface area contributed by atoms with Gasteiger partial charge in [-0.1, -0.05) is 24.8 Å². The third-order valence-corrected chi connectivity index (χ3v) is 5.23. The Morgan fingerprint density at radius 1 is 1.12 bits per heavy atom. The zero-order valence-electron chi connectivity index (χ0n) is 16.4. The maximum atomic E-state index is 14.6. The van der Waals surface area contributed by atoms with Gasteiger partial charge in [-0.2, -0.15) is 13.2 Å². The fraction of sp³-hybridized carbons (Fsp3) is 0.211. The number of carbonyl (C=O) groups is 1. The standard InChI is InChI=1S/C19H17F6N3O3S/c1-11(17(21)22)26-27-18(29)12-7-8-13(15(20)9-12)10-28(32(2,30)31)16-6-4-3-5-14(16)19(23,24)25/h3-9,17,26H,1,10H2,2H3,(H,27,29). The number of nitrogens with zero attached hydrogens (tertiary/aromatic N) is 1. The van der Waals surface area contributed by atoms with Crippen molar-refractivity contribution in [3.8, 4) is 0 Å². The van der Waals surface area contributed by atoms with Gasteiger partial charge in [0.15, 0.2) is 0 Å². The molecule has 0 heterocycles. The van der Waals surface area contributed by atoms with Crippen LogP contribution in [0, 0.1) is 5.82 Å². The van der Waals surface area contributed by atoms with Crippen LogP contribution in [0.4, 0.5) is 32.0 Å². The molecule has 32 heavy (non-hydrogen) atoms. The average Bonchev–Trinajstić information content (AvgIpc) is 2.69. The lowest BCUT2D eigenvalue weighted by atomic mass is 10.1. The van der Waals surface area contributed by atoms with Gasteiger partial charge in [0.25, 0.3) is 12.3 Å². The highest BCUT2D eigenvalue weighted by atomic mass is 32.2. The normalized spacial score (nSPS) is 11.9. The van der Waals surface area contributed by atoms with Gasteiger partial charge in [0, 0.05) is 11.1 Å². The van der Waals surface area contributed by atoms with Crippen molar-refractivity contribution in [2.24, 2.45) is 0 Å². The molecule has 2 aromatic carbocycles. The molecule has 0 aliphatic heterocycles. The smallest absolute Gasteiger partial charge is 0.297 e. The molecule has 0 radical (unpaired) electrons. The highest BCUT2D eigenvalue weighted by Crippen LogP contribution is 2.38. The number of sulfonamides is 1. The first-order chi connectivity index (χ1) is 14.7. The summed E-state index contributed by atoms with van der Waals surface area (Å²) in [4.78, 5) is 11.9. The van der Waals surface area contributed by atoms with Gasteiger partial charge in [0.1, 0.15) is 5.82 Å². The Morgan fingerprint density at radius 3 is 2.28 bits per heavy atom. The fourth-order valence-corrected chi connectivity index (χ4v) is 3.44. The monoisotopic (exact) mass is 481 g/mol. The number of alkyl halides is 5. The summed E-state index contributed by atoms with van der Waals surface area (Å²) in [5.74, 6) is -2.09. The third-order valence-electron chi connectivity index (χ3n) is 4.11. The number of nitrogens with one attached hydrogen (secondary N) is 2. The molecule has 0 aliphatic carbocycles. The van der Waals surface area contributed by atoms with Crippen molar-refractivity contribution in [2.45, 2.75) is 19.1 Å². The average molecular weight is 481 g/mol. The SMILES string of the molecule is C=C(NNC(=O)c1ccc(CN(c2ccccc2C(F)(F)F)S(C)(=O)=O)c(F)c1)C(F)F. The molecule has 0 bridgehead atoms. The Hall–Kier alpha value is -3.22. The molecule has 0 unspecified atom stereocenters. The predicted octanol–water partition coefficient (Wildman–Crippen LogP) is 3.82. The van der Waals surface area contributed by atoms with E-state index in [0.717, 1.165) is 24.3 Å². The summed E-state index contributed by atoms with van der Waals surface area (Å²) in [7, 11) is -4.27. The van der Waals surface area contributed by atoms with Gasteiger partial charge in [-0.3, -0.25) is 20.0 Å². The van der Waals surface area contributed by atoms with Crippen LogP contribution in [0.1, 0.15) is 21.5 Å². The number of carbonyl (C=O) groups excluding carboxylic acids is 1. The van der Waals surface area contributed by atoms with E-state index < -0.39 is 57.8 Å². The first kappa shape index (κ1) is 25.0. The lowest BCUT2D eigenvalue weighted by Crippen LogP contribution is -2.38. The quantitative estimate of drug-likeness (QED) is 0.444. The summed E-state index contributed by atoms with van der Waals surface area (Å²) in [6.07, 6.45) is -7.16. The van der Waals surface area contributed by atoms with Crippen molar-refractivity contribution in [3.63, 3.8) is 0 Å². The second-order valence-electron chi connectivity index (χ2n) is 6.50. The van der Waals surface area contributed by atoms with E-state index in [-0.39, 0.29) is 11.1 Å². The summed E-state index contributed by atoms with van der Waals surface area (Å²) >= 11 is 0. The van der Waals surface area contributed by atoms with E-state index >= 15 is 0 Å². The highest BCUT2D eigenvalue weighted by molar-refractivity contribution is 7.92. The van der Waals surface area contributed by atoms with Crippen LogP contribution in [-0.2, 0) is 22.7 Å². The van der Waals surface area contributed by atoms with Crippen LogP contribution in [-0.4, -0.2) is 27.0 Å². The summed E-state index contributed by atoms with van der Waals surface area (Å²) in [5.41, 5.74) is 0.352. The van der Waals surface area contributed by atoms with Gasteiger partial charge in [-0.25, -0.2) is 21.6 Å². The molecule has 13 heteroatoms. The zero-order chi connectivity index (χ0) is 24.3. The molecular formula is C19H17F6N3O3S. The van der Waals surface area contributed by atoms with Crippen molar-refractivity contribution in [2.75, 3.05) is 10.6 Å². The summed E-state index contributed by atoms with van der Waals surface area (Å²) < 4.78 is 104. The number of para-hydroxylation sites is 1. The molecule has 2 N–H and O–H groups in total. The molecule has 0 aliphatic rings. The van der Waals surface area contributed by atoms with Crippen LogP contribution >= 0.6 is 0 Å². The largest absolute Gasteiger partial charge is 0.418 e. The Balaban J connectivity index is 2.34. The number of anilines is 1. The lowest BCUT2D eigenvalue weighted by Gasteiger charge is -2.26. The van der Waals surface area contributed by atoms with Gasteiger partial charge < -0.3 is 0 Å². The van der Waals surface area contributed by atoms with E-state index in [2.05, 4.69) is 6.58 Å². The van der Waals surface area contributed by atoms with Crippen molar-refractivity contribution in [1.82, 2.24) is 10.9 Å². The van der Waals surface area contributed by atoms with Crippen LogP contribution in [0.15, 0.2) is 54.7 Å². The van der Waals surface area contributed by atoms with Gasteiger partial charge in [0.2, 0.25) is 10.0 Å². The topological polar surface area (TPSA) is 78.5 Å². The van der Waals surface area contributed by atoms with Crippen molar-refractivity contribution >= 4 is 21.6 Å². The molecule has 2 rings (SSSR count). The first-order valence-corrected chi connectivity index (χ1v) is 10.5. The zero-order valence-corrected chi connectivity index (χ0v) is 17.2. The second kappa shape index (κ2) is 9.51. The Bertz CT molecular complexity index is 1120. The molecular weight excluding hydrogens is 464 g/mol. The molecule has 174 valence electrons. The molecule has 0 saturated carbocycles. The summed E-state index contributed by atoms with van der Waals surface area (Å²) in [6.45, 7) is 2.18. The molecule has 2 aromatic rings. The number of amides is 1. The van der Waals surface area contributed by atoms with Crippen LogP contribution in [0.2, 0.25) is 0 Å². The van der Waals surface area contributed by atoms with Crippen molar-refractivity contribution in [3.05, 3.63) is 77.2 Å². The minimum atomic E-state index is -4.87. The van der Waals surface area contributed by atoms with Gasteiger partial charge in [-0.15, -0.1) is 0 Å². The number of hydrogen-bond donors (Lipinski definition) is 2.